The summed E-state index contributed by atoms with van der Waals surface area (Å²) in [6.07, 6.45) is 0.643. The van der Waals surface area contributed by atoms with Crippen molar-refractivity contribution in [3.8, 4) is 0 Å². The molecular weight excluding hydrogens is 266 g/mol. The Bertz CT molecular complexity index is 538. The molecule has 7 heteroatoms. The van der Waals surface area contributed by atoms with E-state index < -0.39 is 10.0 Å². The van der Waals surface area contributed by atoms with Gasteiger partial charge in [-0.15, -0.1) is 0 Å². The molecule has 0 fully saturated rings. The van der Waals surface area contributed by atoms with E-state index in [9.17, 15) is 8.42 Å². The average molecular weight is 285 g/mol. The van der Waals surface area contributed by atoms with Gasteiger partial charge in [0, 0.05) is 6.54 Å². The van der Waals surface area contributed by atoms with Crippen LogP contribution in [0.2, 0.25) is 0 Å². The van der Waals surface area contributed by atoms with E-state index in [0.717, 1.165) is 5.56 Å². The first-order chi connectivity index (χ1) is 8.91. The fourth-order valence-corrected chi connectivity index (χ4v) is 3.11. The first kappa shape index (κ1) is 15.5. The predicted molar refractivity (Wildman–Crippen MR) is 73.6 cm³/mol. The maximum Gasteiger partial charge on any atom is 0.243 e. The Kier molecular flexibility index (Phi) is 5.31. The maximum atomic E-state index is 12.4. The van der Waals surface area contributed by atoms with E-state index in [2.05, 4.69) is 5.16 Å². The minimum absolute atomic E-state index is 0.124. The molecule has 0 amide bonds. The fraction of sp³-hybridized carbons (Fsp3) is 0.417. The molecule has 6 nitrogen and oxygen atoms in total. The van der Waals surface area contributed by atoms with Crippen molar-refractivity contribution < 1.29 is 13.6 Å². The van der Waals surface area contributed by atoms with Crippen LogP contribution >= 0.6 is 0 Å². The summed E-state index contributed by atoms with van der Waals surface area (Å²) in [7, 11) is -3.62. The molecule has 0 aliphatic rings. The summed E-state index contributed by atoms with van der Waals surface area (Å²) in [4.78, 5) is 0.206. The molecule has 0 aliphatic heterocycles. The molecule has 3 N–H and O–H groups in total. The van der Waals surface area contributed by atoms with Crippen LogP contribution in [0.25, 0.3) is 0 Å². The summed E-state index contributed by atoms with van der Waals surface area (Å²) in [5.74, 6) is -0.135. The van der Waals surface area contributed by atoms with Crippen molar-refractivity contribution in [3.63, 3.8) is 0 Å². The van der Waals surface area contributed by atoms with Gasteiger partial charge in [0.15, 0.2) is 5.84 Å². The zero-order valence-corrected chi connectivity index (χ0v) is 11.9. The Hall–Kier alpha value is -1.60. The van der Waals surface area contributed by atoms with Crippen LogP contribution in [0.5, 0.6) is 0 Å². The summed E-state index contributed by atoms with van der Waals surface area (Å²) < 4.78 is 26.0. The second-order valence-corrected chi connectivity index (χ2v) is 6.18. The second kappa shape index (κ2) is 6.53. The first-order valence-electron chi connectivity index (χ1n) is 5.95. The van der Waals surface area contributed by atoms with E-state index in [1.54, 1.807) is 24.3 Å². The smallest absolute Gasteiger partial charge is 0.243 e. The van der Waals surface area contributed by atoms with Crippen molar-refractivity contribution in [3.05, 3.63) is 29.8 Å². The summed E-state index contributed by atoms with van der Waals surface area (Å²) in [6.45, 7) is 3.94. The first-order valence-corrected chi connectivity index (χ1v) is 7.39. The quantitative estimate of drug-likeness (QED) is 0.354. The number of rotatable bonds is 6. The Labute approximate surface area is 113 Å². The van der Waals surface area contributed by atoms with Gasteiger partial charge in [-0.1, -0.05) is 29.8 Å². The number of oxime groups is 1. The molecule has 106 valence electrons. The number of aryl methyl sites for hydroxylation is 1. The number of amidine groups is 1. The third-order valence-electron chi connectivity index (χ3n) is 2.60. The highest BCUT2D eigenvalue weighted by atomic mass is 32.2. The Morgan fingerprint density at radius 1 is 1.37 bits per heavy atom. The van der Waals surface area contributed by atoms with Gasteiger partial charge in [0.1, 0.15) is 0 Å². The van der Waals surface area contributed by atoms with Crippen LogP contribution in [0.15, 0.2) is 34.3 Å². The van der Waals surface area contributed by atoms with Gasteiger partial charge < -0.3 is 10.9 Å². The van der Waals surface area contributed by atoms with Gasteiger partial charge >= 0.3 is 0 Å². The standard InChI is InChI=1S/C12H19N3O3S/c1-3-8-15(9-12(13)14-16)19(17,18)11-6-4-10(2)5-7-11/h4-7,16H,3,8-9H2,1-2H3,(H2,13,14). The monoisotopic (exact) mass is 285 g/mol. The van der Waals surface area contributed by atoms with Gasteiger partial charge in [0.25, 0.3) is 0 Å². The number of nitrogens with two attached hydrogens (primary N) is 1. The third kappa shape index (κ3) is 3.93. The van der Waals surface area contributed by atoms with E-state index in [-0.39, 0.29) is 17.3 Å². The molecular formula is C12H19N3O3S. The lowest BCUT2D eigenvalue weighted by molar-refractivity contribution is 0.314. The Morgan fingerprint density at radius 3 is 2.42 bits per heavy atom. The molecule has 0 bridgehead atoms. The molecule has 0 aliphatic carbocycles. The Morgan fingerprint density at radius 2 is 1.95 bits per heavy atom. The lowest BCUT2D eigenvalue weighted by atomic mass is 10.2. The summed E-state index contributed by atoms with van der Waals surface area (Å²) in [6, 6.07) is 6.58. The molecule has 19 heavy (non-hydrogen) atoms. The highest BCUT2D eigenvalue weighted by Crippen LogP contribution is 2.16. The maximum absolute atomic E-state index is 12.4. The van der Waals surface area contributed by atoms with E-state index in [4.69, 9.17) is 10.9 Å². The number of sulfonamides is 1. The summed E-state index contributed by atoms with van der Waals surface area (Å²) in [5.41, 5.74) is 6.38. The molecule has 0 heterocycles. The number of nitrogens with zero attached hydrogens (tertiary/aromatic N) is 2. The molecule has 0 saturated heterocycles. The number of benzene rings is 1. The van der Waals surface area contributed by atoms with Gasteiger partial charge in [0.05, 0.1) is 11.4 Å². The highest BCUT2D eigenvalue weighted by molar-refractivity contribution is 7.89. The fourth-order valence-electron chi connectivity index (χ4n) is 1.61. The van der Waals surface area contributed by atoms with Crippen LogP contribution in [0.3, 0.4) is 0 Å². The van der Waals surface area contributed by atoms with Crippen LogP contribution in [0.4, 0.5) is 0 Å². The molecule has 0 saturated carbocycles. The van der Waals surface area contributed by atoms with E-state index >= 15 is 0 Å². The zero-order chi connectivity index (χ0) is 14.5. The van der Waals surface area contributed by atoms with Crippen molar-refractivity contribution in [1.29, 1.82) is 0 Å². The van der Waals surface area contributed by atoms with Crippen LogP contribution in [-0.2, 0) is 10.0 Å². The highest BCUT2D eigenvalue weighted by Gasteiger charge is 2.24. The summed E-state index contributed by atoms with van der Waals surface area (Å²) in [5, 5.41) is 11.4. The van der Waals surface area contributed by atoms with Gasteiger partial charge in [-0.05, 0) is 25.5 Å². The van der Waals surface area contributed by atoms with Crippen molar-refractivity contribution in [2.45, 2.75) is 25.2 Å². The number of hydrogen-bond acceptors (Lipinski definition) is 4. The molecule has 0 unspecified atom stereocenters. The lowest BCUT2D eigenvalue weighted by Crippen LogP contribution is -2.39. The second-order valence-electron chi connectivity index (χ2n) is 4.24. The lowest BCUT2D eigenvalue weighted by Gasteiger charge is -2.20. The molecule has 0 aromatic heterocycles. The molecule has 0 atom stereocenters. The van der Waals surface area contributed by atoms with E-state index in [1.807, 2.05) is 13.8 Å². The van der Waals surface area contributed by atoms with E-state index in [0.29, 0.717) is 13.0 Å². The third-order valence-corrected chi connectivity index (χ3v) is 4.46. The largest absolute Gasteiger partial charge is 0.409 e. The van der Waals surface area contributed by atoms with Crippen LogP contribution in [0.1, 0.15) is 18.9 Å². The summed E-state index contributed by atoms with van der Waals surface area (Å²) >= 11 is 0. The van der Waals surface area contributed by atoms with Crippen LogP contribution < -0.4 is 5.73 Å². The normalized spacial score (nSPS) is 12.9. The van der Waals surface area contributed by atoms with Crippen molar-refractivity contribution in [1.82, 2.24) is 4.31 Å². The Balaban J connectivity index is 3.08. The van der Waals surface area contributed by atoms with Gasteiger partial charge in [-0.2, -0.15) is 4.31 Å². The van der Waals surface area contributed by atoms with Crippen molar-refractivity contribution in [2.24, 2.45) is 10.9 Å². The van der Waals surface area contributed by atoms with Crippen LogP contribution in [0, 0.1) is 6.92 Å². The zero-order valence-electron chi connectivity index (χ0n) is 11.1. The molecule has 1 aromatic rings. The van der Waals surface area contributed by atoms with Crippen LogP contribution in [-0.4, -0.2) is 36.9 Å². The molecule has 1 rings (SSSR count). The predicted octanol–water partition coefficient (Wildman–Crippen LogP) is 1.14. The molecule has 0 radical (unpaired) electrons. The average Bonchev–Trinajstić information content (AvgIpc) is 2.38. The number of hydrogen-bond donors (Lipinski definition) is 2. The van der Waals surface area contributed by atoms with Gasteiger partial charge in [0.2, 0.25) is 10.0 Å². The van der Waals surface area contributed by atoms with Gasteiger partial charge in [-0.3, -0.25) is 0 Å². The SMILES string of the molecule is CCCN(CC(N)=NO)S(=O)(=O)c1ccc(C)cc1. The van der Waals surface area contributed by atoms with Crippen molar-refractivity contribution >= 4 is 15.9 Å². The molecule has 0 spiro atoms. The van der Waals surface area contributed by atoms with Gasteiger partial charge in [-0.25, -0.2) is 8.42 Å². The molecule has 1 aromatic carbocycles. The van der Waals surface area contributed by atoms with E-state index in [1.165, 1.54) is 4.31 Å². The minimum atomic E-state index is -3.62. The minimum Gasteiger partial charge on any atom is -0.409 e. The van der Waals surface area contributed by atoms with Crippen molar-refractivity contribution in [2.75, 3.05) is 13.1 Å². The topological polar surface area (TPSA) is 96.0 Å².